The first-order chi connectivity index (χ1) is 16.6. The number of piperidine rings is 1. The molecule has 2 fully saturated rings. The fourth-order valence-electron chi connectivity index (χ4n) is 5.09. The summed E-state index contributed by atoms with van der Waals surface area (Å²) in [7, 11) is 2.19. The highest BCUT2D eigenvalue weighted by atomic mass is 19.1. The number of aromatic nitrogens is 1. The second-order valence-corrected chi connectivity index (χ2v) is 9.75. The summed E-state index contributed by atoms with van der Waals surface area (Å²) in [6, 6.07) is 13.3. The summed E-state index contributed by atoms with van der Waals surface area (Å²) in [4.78, 5) is 7.41. The molecule has 0 unspecified atom stereocenters. The molecule has 3 heterocycles. The Morgan fingerprint density at radius 3 is 2.50 bits per heavy atom. The first-order valence-corrected chi connectivity index (χ1v) is 12.5. The number of benzene rings is 2. The van der Waals surface area contributed by atoms with E-state index in [9.17, 15) is 4.39 Å². The third-order valence-electron chi connectivity index (χ3n) is 7.25. The van der Waals surface area contributed by atoms with Crippen LogP contribution in [0.2, 0.25) is 0 Å². The van der Waals surface area contributed by atoms with Crippen molar-refractivity contribution in [1.29, 1.82) is 0 Å². The summed E-state index contributed by atoms with van der Waals surface area (Å²) in [5.41, 5.74) is 2.88. The number of hydrogen-bond acceptors (Lipinski definition) is 6. The summed E-state index contributed by atoms with van der Waals surface area (Å²) < 4.78 is 24.8. The van der Waals surface area contributed by atoms with Crippen molar-refractivity contribution in [2.75, 3.05) is 59.5 Å². The van der Waals surface area contributed by atoms with Crippen LogP contribution in [0.25, 0.3) is 11.0 Å². The van der Waals surface area contributed by atoms with Crippen LogP contribution >= 0.6 is 0 Å². The molecule has 182 valence electrons. The molecule has 0 atom stereocenters. The van der Waals surface area contributed by atoms with Crippen molar-refractivity contribution in [3.05, 3.63) is 59.5 Å². The third kappa shape index (κ3) is 5.77. The minimum Gasteiger partial charge on any atom is -0.494 e. The molecule has 3 aromatic rings. The molecule has 0 radical (unpaired) electrons. The lowest BCUT2D eigenvalue weighted by Crippen LogP contribution is -2.43. The van der Waals surface area contributed by atoms with Crippen molar-refractivity contribution >= 4 is 11.0 Å². The Morgan fingerprint density at radius 1 is 0.971 bits per heavy atom. The SMILES string of the molecule is CN1CCN(Cc2ccc(OCCCN3CCC(c4noc5cc(F)ccc45)CC3)cc2)CC1. The lowest BCUT2D eigenvalue weighted by Gasteiger charge is -2.32. The average Bonchev–Trinajstić information content (AvgIpc) is 3.28. The first kappa shape index (κ1) is 23.3. The molecule has 0 aliphatic carbocycles. The van der Waals surface area contributed by atoms with E-state index >= 15 is 0 Å². The normalized spacial score (nSPS) is 19.1. The van der Waals surface area contributed by atoms with E-state index in [2.05, 4.69) is 51.2 Å². The highest BCUT2D eigenvalue weighted by Gasteiger charge is 2.25. The van der Waals surface area contributed by atoms with Crippen LogP contribution in [0.15, 0.2) is 47.0 Å². The molecular formula is C27H35FN4O2. The van der Waals surface area contributed by atoms with Crippen LogP contribution < -0.4 is 4.74 Å². The Kier molecular flexibility index (Phi) is 7.42. The van der Waals surface area contributed by atoms with Gasteiger partial charge in [-0.05, 0) is 69.2 Å². The molecule has 6 nitrogen and oxygen atoms in total. The average molecular weight is 467 g/mol. The van der Waals surface area contributed by atoms with Gasteiger partial charge in [-0.1, -0.05) is 17.3 Å². The van der Waals surface area contributed by atoms with Crippen molar-refractivity contribution in [2.45, 2.75) is 31.7 Å². The Hall–Kier alpha value is -2.48. The molecule has 34 heavy (non-hydrogen) atoms. The van der Waals surface area contributed by atoms with E-state index in [0.717, 1.165) is 95.1 Å². The van der Waals surface area contributed by atoms with Crippen molar-refractivity contribution in [3.63, 3.8) is 0 Å². The number of nitrogens with zero attached hydrogens (tertiary/aromatic N) is 4. The van der Waals surface area contributed by atoms with E-state index in [4.69, 9.17) is 9.26 Å². The zero-order valence-corrected chi connectivity index (χ0v) is 20.1. The van der Waals surface area contributed by atoms with Crippen LogP contribution in [0.3, 0.4) is 0 Å². The van der Waals surface area contributed by atoms with Crippen molar-refractivity contribution in [3.8, 4) is 5.75 Å². The van der Waals surface area contributed by atoms with Gasteiger partial charge in [0.15, 0.2) is 5.58 Å². The fraction of sp³-hybridized carbons (Fsp3) is 0.519. The molecule has 0 bridgehead atoms. The maximum atomic E-state index is 13.4. The summed E-state index contributed by atoms with van der Waals surface area (Å²) in [5.74, 6) is 1.05. The molecule has 2 aromatic carbocycles. The Bertz CT molecular complexity index is 1050. The van der Waals surface area contributed by atoms with Crippen LogP contribution in [0.1, 0.15) is 36.4 Å². The van der Waals surface area contributed by atoms with Gasteiger partial charge < -0.3 is 19.1 Å². The Morgan fingerprint density at radius 2 is 1.74 bits per heavy atom. The number of ether oxygens (including phenoxy) is 1. The largest absolute Gasteiger partial charge is 0.494 e. The van der Waals surface area contributed by atoms with E-state index in [-0.39, 0.29) is 5.82 Å². The lowest BCUT2D eigenvalue weighted by atomic mass is 9.91. The monoisotopic (exact) mass is 466 g/mol. The van der Waals surface area contributed by atoms with Gasteiger partial charge in [0.2, 0.25) is 0 Å². The highest BCUT2D eigenvalue weighted by molar-refractivity contribution is 5.79. The zero-order valence-electron chi connectivity index (χ0n) is 20.1. The van der Waals surface area contributed by atoms with Crippen LogP contribution in [0.4, 0.5) is 4.39 Å². The number of likely N-dealkylation sites (N-methyl/N-ethyl adjacent to an activating group) is 1. The van der Waals surface area contributed by atoms with Gasteiger partial charge in [0.05, 0.1) is 12.3 Å². The second-order valence-electron chi connectivity index (χ2n) is 9.75. The number of hydrogen-bond donors (Lipinski definition) is 0. The summed E-state index contributed by atoms with van der Waals surface area (Å²) in [5, 5.41) is 5.20. The molecule has 0 N–H and O–H groups in total. The molecule has 2 aliphatic heterocycles. The smallest absolute Gasteiger partial charge is 0.170 e. The van der Waals surface area contributed by atoms with Gasteiger partial charge in [0, 0.05) is 56.6 Å². The van der Waals surface area contributed by atoms with E-state index in [1.54, 1.807) is 6.07 Å². The lowest BCUT2D eigenvalue weighted by molar-refractivity contribution is 0.148. The number of fused-ring (bicyclic) bond motifs is 1. The number of rotatable bonds is 8. The standard InChI is InChI=1S/C27H35FN4O2/c1-30-14-16-32(17-15-30)20-21-3-6-24(7-4-21)33-18-2-11-31-12-9-22(10-13-31)27-25-8-5-23(28)19-26(25)34-29-27/h3-8,19,22H,2,9-18,20H2,1H3. The Balaban J connectivity index is 1.01. The quantitative estimate of drug-likeness (QED) is 0.460. The number of halogens is 1. The fourth-order valence-corrected chi connectivity index (χ4v) is 5.09. The van der Waals surface area contributed by atoms with E-state index in [1.807, 2.05) is 0 Å². The van der Waals surface area contributed by atoms with Gasteiger partial charge in [-0.3, -0.25) is 4.90 Å². The van der Waals surface area contributed by atoms with Gasteiger partial charge in [-0.2, -0.15) is 0 Å². The highest BCUT2D eigenvalue weighted by Crippen LogP contribution is 2.32. The maximum Gasteiger partial charge on any atom is 0.170 e. The molecule has 0 amide bonds. The second kappa shape index (κ2) is 10.8. The minimum atomic E-state index is -0.283. The zero-order chi connectivity index (χ0) is 23.3. The van der Waals surface area contributed by atoms with Gasteiger partial charge >= 0.3 is 0 Å². The van der Waals surface area contributed by atoms with Crippen LogP contribution in [0.5, 0.6) is 5.75 Å². The predicted molar refractivity (Wildman–Crippen MR) is 132 cm³/mol. The van der Waals surface area contributed by atoms with Gasteiger partial charge in [0.25, 0.3) is 0 Å². The van der Waals surface area contributed by atoms with Crippen LogP contribution in [-0.4, -0.2) is 79.3 Å². The first-order valence-electron chi connectivity index (χ1n) is 12.5. The minimum absolute atomic E-state index is 0.283. The third-order valence-corrected chi connectivity index (χ3v) is 7.25. The van der Waals surface area contributed by atoms with E-state index in [1.165, 1.54) is 17.7 Å². The molecule has 2 aliphatic rings. The summed E-state index contributed by atoms with van der Waals surface area (Å²) in [6.45, 7) is 9.46. The van der Waals surface area contributed by atoms with E-state index < -0.39 is 0 Å². The van der Waals surface area contributed by atoms with Gasteiger partial charge in [0.1, 0.15) is 11.6 Å². The summed E-state index contributed by atoms with van der Waals surface area (Å²) in [6.07, 6.45) is 3.11. The predicted octanol–water partition coefficient (Wildman–Crippen LogP) is 4.36. The molecule has 7 heteroatoms. The molecular weight excluding hydrogens is 431 g/mol. The van der Waals surface area contributed by atoms with E-state index in [0.29, 0.717) is 11.5 Å². The number of piperazine rings is 1. The Labute approximate surface area is 201 Å². The summed E-state index contributed by atoms with van der Waals surface area (Å²) >= 11 is 0. The molecule has 2 saturated heterocycles. The van der Waals surface area contributed by atoms with Crippen molar-refractivity contribution in [2.24, 2.45) is 0 Å². The molecule has 5 rings (SSSR count). The van der Waals surface area contributed by atoms with Crippen molar-refractivity contribution < 1.29 is 13.7 Å². The van der Waals surface area contributed by atoms with Crippen LogP contribution in [-0.2, 0) is 6.54 Å². The molecule has 1 aromatic heterocycles. The van der Waals surface area contributed by atoms with Crippen LogP contribution in [0, 0.1) is 5.82 Å². The molecule has 0 saturated carbocycles. The van der Waals surface area contributed by atoms with Gasteiger partial charge in [-0.25, -0.2) is 4.39 Å². The van der Waals surface area contributed by atoms with Crippen molar-refractivity contribution in [1.82, 2.24) is 19.9 Å². The molecule has 0 spiro atoms. The van der Waals surface area contributed by atoms with Gasteiger partial charge in [-0.15, -0.1) is 0 Å². The topological polar surface area (TPSA) is 45.0 Å². The maximum absolute atomic E-state index is 13.4. The number of likely N-dealkylation sites (tertiary alicyclic amines) is 1.